The molecule has 1 aromatic heterocycles. The number of imidazole rings is 1. The molecule has 0 bridgehead atoms. The van der Waals surface area contributed by atoms with Gasteiger partial charge >= 0.3 is 5.97 Å². The molecule has 1 amide bonds. The number of aliphatic hydroxyl groups excluding tert-OH is 1. The lowest BCUT2D eigenvalue weighted by molar-refractivity contribution is -0.147. The molecule has 7 heteroatoms. The maximum atomic E-state index is 12.8. The van der Waals surface area contributed by atoms with Gasteiger partial charge in [0.05, 0.1) is 30.2 Å². The maximum Gasteiger partial charge on any atom is 0.328 e. The van der Waals surface area contributed by atoms with E-state index in [1.54, 1.807) is 13.0 Å². The van der Waals surface area contributed by atoms with Crippen LogP contribution in [-0.4, -0.2) is 39.6 Å². The number of rotatable bonds is 11. The summed E-state index contributed by atoms with van der Waals surface area (Å²) in [5, 5.41) is 13.7. The minimum Gasteiger partial charge on any atom is -0.464 e. The van der Waals surface area contributed by atoms with Crippen LogP contribution in [0.5, 0.6) is 0 Å². The fourth-order valence-corrected chi connectivity index (χ4v) is 4.22. The second-order valence-electron chi connectivity index (χ2n) is 8.69. The molecule has 4 rings (SSSR count). The normalized spacial score (nSPS) is 12.7. The summed E-state index contributed by atoms with van der Waals surface area (Å²) in [6.07, 6.45) is 0.614. The van der Waals surface area contributed by atoms with Gasteiger partial charge in [-0.1, -0.05) is 72.8 Å². The van der Waals surface area contributed by atoms with E-state index in [0.717, 1.165) is 29.7 Å². The van der Waals surface area contributed by atoms with Crippen LogP contribution in [-0.2, 0) is 33.6 Å². The summed E-state index contributed by atoms with van der Waals surface area (Å²) in [4.78, 5) is 33.3. The van der Waals surface area contributed by atoms with E-state index < -0.39 is 24.0 Å². The number of hydrogen-bond acceptors (Lipinski definition) is 5. The molecule has 0 spiro atoms. The third-order valence-corrected chi connectivity index (χ3v) is 6.01. The highest BCUT2D eigenvalue weighted by Crippen LogP contribution is 2.25. The summed E-state index contributed by atoms with van der Waals surface area (Å²) in [5.74, 6) is -0.113. The van der Waals surface area contributed by atoms with Gasteiger partial charge in [0.2, 0.25) is 5.91 Å². The predicted octanol–water partition coefficient (Wildman–Crippen LogP) is 4.06. The van der Waals surface area contributed by atoms with E-state index in [0.29, 0.717) is 17.5 Å². The first kappa shape index (κ1) is 25.1. The van der Waals surface area contributed by atoms with Gasteiger partial charge in [0.1, 0.15) is 11.9 Å². The molecule has 1 unspecified atom stereocenters. The largest absolute Gasteiger partial charge is 0.464 e. The van der Waals surface area contributed by atoms with Crippen LogP contribution in [0.2, 0.25) is 0 Å². The van der Waals surface area contributed by atoms with E-state index in [1.807, 2.05) is 60.7 Å². The molecule has 0 fully saturated rings. The van der Waals surface area contributed by atoms with E-state index in [1.165, 1.54) is 5.56 Å². The van der Waals surface area contributed by atoms with Crippen molar-refractivity contribution >= 4 is 22.9 Å². The number of benzene rings is 3. The molecule has 0 saturated carbocycles. The Labute approximate surface area is 210 Å². The van der Waals surface area contributed by atoms with Gasteiger partial charge in [0, 0.05) is 18.4 Å². The smallest absolute Gasteiger partial charge is 0.328 e. The molecular formula is C29H31N3O4. The van der Waals surface area contributed by atoms with Crippen molar-refractivity contribution in [2.45, 2.75) is 44.8 Å². The van der Waals surface area contributed by atoms with Crippen LogP contribution in [0.4, 0.5) is 0 Å². The summed E-state index contributed by atoms with van der Waals surface area (Å²) in [7, 11) is 0. The molecular weight excluding hydrogens is 454 g/mol. The van der Waals surface area contributed by atoms with Crippen molar-refractivity contribution in [3.63, 3.8) is 0 Å². The van der Waals surface area contributed by atoms with Gasteiger partial charge in [-0.2, -0.15) is 0 Å². The standard InChI is InChI=1S/C29H31N3O4/c1-2-36-29(35)24(18-21-12-7-4-8-13-21)31-27(34)19-25(33)22-14-9-15-23-28(22)32-26(30-23)17-16-20-10-5-3-6-11-20/h3-15,24-25,33H,2,16-19H2,1H3,(H,30,32)(H,31,34)/t24-,25?/m1/s1. The molecule has 2 atom stereocenters. The molecule has 36 heavy (non-hydrogen) atoms. The fraction of sp³-hybridized carbons (Fsp3) is 0.276. The number of fused-ring (bicyclic) bond motifs is 1. The first-order valence-corrected chi connectivity index (χ1v) is 12.2. The Morgan fingerprint density at radius 3 is 2.33 bits per heavy atom. The van der Waals surface area contributed by atoms with Crippen LogP contribution >= 0.6 is 0 Å². The number of carbonyl (C=O) groups excluding carboxylic acids is 2. The number of aromatic amines is 1. The van der Waals surface area contributed by atoms with Crippen molar-refractivity contribution in [1.82, 2.24) is 15.3 Å². The predicted molar refractivity (Wildman–Crippen MR) is 138 cm³/mol. The number of aliphatic hydroxyl groups is 1. The molecule has 4 aromatic rings. The molecule has 0 saturated heterocycles. The van der Waals surface area contributed by atoms with E-state index in [9.17, 15) is 14.7 Å². The molecule has 3 N–H and O–H groups in total. The Kier molecular flexibility index (Phi) is 8.47. The number of ether oxygens (including phenoxy) is 1. The van der Waals surface area contributed by atoms with Gasteiger partial charge in [0.25, 0.3) is 0 Å². The van der Waals surface area contributed by atoms with Crippen molar-refractivity contribution in [2.24, 2.45) is 0 Å². The zero-order valence-corrected chi connectivity index (χ0v) is 20.3. The summed E-state index contributed by atoms with van der Waals surface area (Å²) < 4.78 is 5.15. The van der Waals surface area contributed by atoms with Crippen LogP contribution < -0.4 is 5.32 Å². The zero-order valence-electron chi connectivity index (χ0n) is 20.3. The topological polar surface area (TPSA) is 104 Å². The molecule has 186 valence electrons. The molecule has 0 aliphatic carbocycles. The lowest BCUT2D eigenvalue weighted by Crippen LogP contribution is -2.43. The van der Waals surface area contributed by atoms with Gasteiger partial charge in [-0.05, 0) is 30.5 Å². The monoisotopic (exact) mass is 485 g/mol. The van der Waals surface area contributed by atoms with Crippen LogP contribution in [0.3, 0.4) is 0 Å². The highest BCUT2D eigenvalue weighted by atomic mass is 16.5. The minimum atomic E-state index is -1.07. The Morgan fingerprint density at radius 1 is 0.944 bits per heavy atom. The number of amides is 1. The van der Waals surface area contributed by atoms with Crippen LogP contribution in [0.1, 0.15) is 42.0 Å². The molecule has 0 aliphatic rings. The minimum absolute atomic E-state index is 0.198. The van der Waals surface area contributed by atoms with Crippen molar-refractivity contribution in [2.75, 3.05) is 6.61 Å². The SMILES string of the molecule is CCOC(=O)[C@@H](Cc1ccccc1)NC(=O)CC(O)c1cccc2[nH]c(CCc3ccccc3)nc12. The van der Waals surface area contributed by atoms with Crippen LogP contribution in [0, 0.1) is 0 Å². The molecule has 7 nitrogen and oxygen atoms in total. The highest BCUT2D eigenvalue weighted by Gasteiger charge is 2.25. The van der Waals surface area contributed by atoms with Gasteiger partial charge in [0.15, 0.2) is 0 Å². The Hall–Kier alpha value is -3.97. The van der Waals surface area contributed by atoms with Gasteiger partial charge in [-0.25, -0.2) is 9.78 Å². The summed E-state index contributed by atoms with van der Waals surface area (Å²) >= 11 is 0. The van der Waals surface area contributed by atoms with Crippen molar-refractivity contribution < 1.29 is 19.4 Å². The first-order chi connectivity index (χ1) is 17.5. The van der Waals surface area contributed by atoms with Gasteiger partial charge in [-0.15, -0.1) is 0 Å². The average Bonchev–Trinajstić information content (AvgIpc) is 3.31. The van der Waals surface area contributed by atoms with E-state index in [2.05, 4.69) is 22.4 Å². The summed E-state index contributed by atoms with van der Waals surface area (Å²) in [6, 6.07) is 24.3. The molecule has 0 radical (unpaired) electrons. The Morgan fingerprint density at radius 2 is 1.64 bits per heavy atom. The van der Waals surface area contributed by atoms with Crippen molar-refractivity contribution in [3.8, 4) is 0 Å². The van der Waals surface area contributed by atoms with Crippen molar-refractivity contribution in [3.05, 3.63) is 101 Å². The Bertz CT molecular complexity index is 1290. The van der Waals surface area contributed by atoms with Gasteiger partial charge in [-0.3, -0.25) is 4.79 Å². The number of aryl methyl sites for hydroxylation is 2. The summed E-state index contributed by atoms with van der Waals surface area (Å²) in [5.41, 5.74) is 4.15. The number of nitrogens with one attached hydrogen (secondary N) is 2. The number of H-pyrrole nitrogens is 1. The maximum absolute atomic E-state index is 12.8. The zero-order chi connectivity index (χ0) is 25.3. The number of nitrogens with zero attached hydrogens (tertiary/aromatic N) is 1. The van der Waals surface area contributed by atoms with Crippen LogP contribution in [0.15, 0.2) is 78.9 Å². The number of aromatic nitrogens is 2. The second-order valence-corrected chi connectivity index (χ2v) is 8.69. The lowest BCUT2D eigenvalue weighted by Gasteiger charge is -2.19. The third kappa shape index (κ3) is 6.58. The summed E-state index contributed by atoms with van der Waals surface area (Å²) in [6.45, 7) is 1.94. The third-order valence-electron chi connectivity index (χ3n) is 6.01. The quantitative estimate of drug-likeness (QED) is 0.278. The van der Waals surface area contributed by atoms with E-state index in [-0.39, 0.29) is 13.0 Å². The molecule has 3 aromatic carbocycles. The van der Waals surface area contributed by atoms with E-state index in [4.69, 9.17) is 9.72 Å². The average molecular weight is 486 g/mol. The lowest BCUT2D eigenvalue weighted by atomic mass is 10.0. The van der Waals surface area contributed by atoms with Gasteiger partial charge < -0.3 is 20.1 Å². The number of para-hydroxylation sites is 1. The number of esters is 1. The highest BCUT2D eigenvalue weighted by molar-refractivity contribution is 5.86. The van der Waals surface area contributed by atoms with Crippen molar-refractivity contribution in [1.29, 1.82) is 0 Å². The Balaban J connectivity index is 1.43. The molecule has 0 aliphatic heterocycles. The fourth-order valence-electron chi connectivity index (χ4n) is 4.22. The number of hydrogen-bond donors (Lipinski definition) is 3. The van der Waals surface area contributed by atoms with E-state index >= 15 is 0 Å². The van der Waals surface area contributed by atoms with Crippen LogP contribution in [0.25, 0.3) is 11.0 Å². The first-order valence-electron chi connectivity index (χ1n) is 12.2. The number of carbonyl (C=O) groups is 2. The second kappa shape index (κ2) is 12.1. The molecule has 1 heterocycles.